The summed E-state index contributed by atoms with van der Waals surface area (Å²) in [6, 6.07) is 4.97. The first-order chi connectivity index (χ1) is 9.39. The molecule has 1 aliphatic rings. The predicted octanol–water partition coefficient (Wildman–Crippen LogP) is 2.38. The number of carbonyl (C=O) groups is 1. The molecule has 0 radical (unpaired) electrons. The van der Waals surface area contributed by atoms with Crippen LogP contribution < -0.4 is 11.1 Å². The molecule has 0 aromatic heterocycles. The second-order valence-electron chi connectivity index (χ2n) is 6.04. The first-order valence-corrected chi connectivity index (χ1v) is 7.29. The lowest BCUT2D eigenvalue weighted by Crippen LogP contribution is -2.43. The molecule has 3 N–H and O–H groups in total. The van der Waals surface area contributed by atoms with E-state index in [0.717, 1.165) is 25.9 Å². The van der Waals surface area contributed by atoms with Gasteiger partial charge in [0.25, 0.3) is 5.91 Å². The first kappa shape index (κ1) is 15.1. The SMILES string of the molecule is CN1CCC(C)(CNC(=O)c2ccc(N)cc2Cl)CC1. The summed E-state index contributed by atoms with van der Waals surface area (Å²) in [7, 11) is 2.13. The number of nitrogen functional groups attached to an aromatic ring is 1. The van der Waals surface area contributed by atoms with Crippen LogP contribution in [0.5, 0.6) is 0 Å². The summed E-state index contributed by atoms with van der Waals surface area (Å²) in [6.07, 6.45) is 2.19. The summed E-state index contributed by atoms with van der Waals surface area (Å²) in [5.74, 6) is -0.129. The number of hydrogen-bond donors (Lipinski definition) is 2. The number of nitrogens with one attached hydrogen (secondary N) is 1. The maximum atomic E-state index is 12.2. The van der Waals surface area contributed by atoms with Crippen LogP contribution in [0.1, 0.15) is 30.1 Å². The summed E-state index contributed by atoms with van der Waals surface area (Å²) < 4.78 is 0. The Morgan fingerprint density at radius 1 is 1.45 bits per heavy atom. The van der Waals surface area contributed by atoms with Gasteiger partial charge in [-0.25, -0.2) is 0 Å². The second-order valence-corrected chi connectivity index (χ2v) is 6.44. The summed E-state index contributed by atoms with van der Waals surface area (Å²) in [5, 5.41) is 3.40. The van der Waals surface area contributed by atoms with Gasteiger partial charge in [0.2, 0.25) is 0 Å². The maximum absolute atomic E-state index is 12.2. The van der Waals surface area contributed by atoms with Crippen molar-refractivity contribution in [3.05, 3.63) is 28.8 Å². The minimum absolute atomic E-state index is 0.129. The van der Waals surface area contributed by atoms with Crippen molar-refractivity contribution in [2.75, 3.05) is 32.4 Å². The summed E-state index contributed by atoms with van der Waals surface area (Å²) >= 11 is 6.05. The molecular formula is C15H22ClN3O. The lowest BCUT2D eigenvalue weighted by atomic mass is 9.80. The zero-order chi connectivity index (χ0) is 14.8. The molecule has 4 nitrogen and oxygen atoms in total. The molecule has 0 saturated carbocycles. The molecule has 1 aliphatic heterocycles. The van der Waals surface area contributed by atoms with Crippen molar-refractivity contribution < 1.29 is 4.79 Å². The number of piperidine rings is 1. The minimum atomic E-state index is -0.129. The molecule has 1 aromatic carbocycles. The average molecular weight is 296 g/mol. The van der Waals surface area contributed by atoms with Crippen LogP contribution in [-0.2, 0) is 0 Å². The van der Waals surface area contributed by atoms with Gasteiger partial charge in [-0.05, 0) is 56.6 Å². The van der Waals surface area contributed by atoms with Crippen LogP contribution >= 0.6 is 11.6 Å². The van der Waals surface area contributed by atoms with E-state index in [1.54, 1.807) is 18.2 Å². The third-order valence-corrected chi connectivity index (χ3v) is 4.42. The van der Waals surface area contributed by atoms with E-state index in [-0.39, 0.29) is 11.3 Å². The molecular weight excluding hydrogens is 274 g/mol. The van der Waals surface area contributed by atoms with Crippen LogP contribution in [0.25, 0.3) is 0 Å². The van der Waals surface area contributed by atoms with Crippen molar-refractivity contribution in [1.82, 2.24) is 10.2 Å². The molecule has 20 heavy (non-hydrogen) atoms. The van der Waals surface area contributed by atoms with E-state index in [2.05, 4.69) is 24.2 Å². The zero-order valence-corrected chi connectivity index (χ0v) is 12.8. The number of anilines is 1. The summed E-state index contributed by atoms with van der Waals surface area (Å²) in [6.45, 7) is 5.06. The summed E-state index contributed by atoms with van der Waals surface area (Å²) in [5.41, 5.74) is 6.85. The van der Waals surface area contributed by atoms with E-state index in [4.69, 9.17) is 17.3 Å². The molecule has 110 valence electrons. The molecule has 0 aliphatic carbocycles. The van der Waals surface area contributed by atoms with Crippen molar-refractivity contribution >= 4 is 23.2 Å². The van der Waals surface area contributed by atoms with Crippen molar-refractivity contribution in [1.29, 1.82) is 0 Å². The number of nitrogens with two attached hydrogens (primary N) is 1. The number of nitrogens with zero attached hydrogens (tertiary/aromatic N) is 1. The standard InChI is InChI=1S/C15H22ClN3O/c1-15(5-7-19(2)8-6-15)10-18-14(20)12-4-3-11(17)9-13(12)16/h3-4,9H,5-8,10,17H2,1-2H3,(H,18,20). The van der Waals surface area contributed by atoms with Gasteiger partial charge < -0.3 is 16.0 Å². The lowest BCUT2D eigenvalue weighted by molar-refractivity contribution is 0.0892. The molecule has 1 heterocycles. The van der Waals surface area contributed by atoms with Gasteiger partial charge in [-0.1, -0.05) is 18.5 Å². The Balaban J connectivity index is 1.95. The smallest absolute Gasteiger partial charge is 0.252 e. The molecule has 1 saturated heterocycles. The van der Waals surface area contributed by atoms with Gasteiger partial charge in [-0.3, -0.25) is 4.79 Å². The topological polar surface area (TPSA) is 58.4 Å². The van der Waals surface area contributed by atoms with Gasteiger partial charge in [-0.2, -0.15) is 0 Å². The Morgan fingerprint density at radius 2 is 2.10 bits per heavy atom. The molecule has 0 unspecified atom stereocenters. The van der Waals surface area contributed by atoms with E-state index >= 15 is 0 Å². The van der Waals surface area contributed by atoms with Crippen molar-refractivity contribution in [3.8, 4) is 0 Å². The number of benzene rings is 1. The Bertz CT molecular complexity index is 496. The molecule has 2 rings (SSSR count). The Labute approximate surface area is 125 Å². The number of likely N-dealkylation sites (tertiary alicyclic amines) is 1. The highest BCUT2D eigenvalue weighted by Gasteiger charge is 2.29. The van der Waals surface area contributed by atoms with E-state index in [9.17, 15) is 4.79 Å². The number of halogens is 1. The molecule has 0 atom stereocenters. The molecule has 5 heteroatoms. The van der Waals surface area contributed by atoms with Gasteiger partial charge >= 0.3 is 0 Å². The monoisotopic (exact) mass is 295 g/mol. The number of carbonyl (C=O) groups excluding carboxylic acids is 1. The fraction of sp³-hybridized carbons (Fsp3) is 0.533. The van der Waals surface area contributed by atoms with Crippen LogP contribution in [0.3, 0.4) is 0 Å². The Kier molecular flexibility index (Phi) is 4.55. The average Bonchev–Trinajstić information content (AvgIpc) is 2.40. The highest BCUT2D eigenvalue weighted by atomic mass is 35.5. The van der Waals surface area contributed by atoms with Gasteiger partial charge in [0.05, 0.1) is 10.6 Å². The van der Waals surface area contributed by atoms with E-state index in [0.29, 0.717) is 22.8 Å². The van der Waals surface area contributed by atoms with Gasteiger partial charge in [0.15, 0.2) is 0 Å². The molecule has 1 amide bonds. The molecule has 0 spiro atoms. The van der Waals surface area contributed by atoms with Crippen LogP contribution in [0, 0.1) is 5.41 Å². The molecule has 1 fully saturated rings. The van der Waals surface area contributed by atoms with Crippen LogP contribution in [0.4, 0.5) is 5.69 Å². The molecule has 0 bridgehead atoms. The maximum Gasteiger partial charge on any atom is 0.252 e. The first-order valence-electron chi connectivity index (χ1n) is 6.91. The van der Waals surface area contributed by atoms with Gasteiger partial charge in [0.1, 0.15) is 0 Å². The second kappa shape index (κ2) is 6.02. The van der Waals surface area contributed by atoms with Crippen LogP contribution in [-0.4, -0.2) is 37.5 Å². The minimum Gasteiger partial charge on any atom is -0.399 e. The number of amides is 1. The van der Waals surface area contributed by atoms with E-state index < -0.39 is 0 Å². The summed E-state index contributed by atoms with van der Waals surface area (Å²) in [4.78, 5) is 14.5. The van der Waals surface area contributed by atoms with Gasteiger partial charge in [0, 0.05) is 12.2 Å². The molecule has 1 aromatic rings. The Morgan fingerprint density at radius 3 is 2.70 bits per heavy atom. The quantitative estimate of drug-likeness (QED) is 0.842. The Hall–Kier alpha value is -1.26. The fourth-order valence-electron chi connectivity index (χ4n) is 2.44. The fourth-order valence-corrected chi connectivity index (χ4v) is 2.71. The van der Waals surface area contributed by atoms with Gasteiger partial charge in [-0.15, -0.1) is 0 Å². The largest absolute Gasteiger partial charge is 0.399 e. The number of rotatable bonds is 3. The third kappa shape index (κ3) is 3.64. The van der Waals surface area contributed by atoms with E-state index in [1.165, 1.54) is 0 Å². The van der Waals surface area contributed by atoms with Crippen LogP contribution in [0.15, 0.2) is 18.2 Å². The normalized spacial score (nSPS) is 18.8. The lowest BCUT2D eigenvalue weighted by Gasteiger charge is -2.38. The highest BCUT2D eigenvalue weighted by Crippen LogP contribution is 2.29. The predicted molar refractivity (Wildman–Crippen MR) is 83.0 cm³/mol. The highest BCUT2D eigenvalue weighted by molar-refractivity contribution is 6.34. The third-order valence-electron chi connectivity index (χ3n) is 4.11. The zero-order valence-electron chi connectivity index (χ0n) is 12.1. The van der Waals surface area contributed by atoms with Crippen molar-refractivity contribution in [3.63, 3.8) is 0 Å². The number of hydrogen-bond acceptors (Lipinski definition) is 3. The van der Waals surface area contributed by atoms with Crippen molar-refractivity contribution in [2.24, 2.45) is 5.41 Å². The van der Waals surface area contributed by atoms with E-state index in [1.807, 2.05) is 0 Å². The van der Waals surface area contributed by atoms with Crippen LogP contribution in [0.2, 0.25) is 5.02 Å². The van der Waals surface area contributed by atoms with Crippen molar-refractivity contribution in [2.45, 2.75) is 19.8 Å².